The van der Waals surface area contributed by atoms with Crippen LogP contribution in [0.2, 0.25) is 0 Å². The number of benzene rings is 1. The number of nitrogens with zero attached hydrogens (tertiary/aromatic N) is 1. The standard InChI is InChI=1S/C18H21NO3/c1-3-16-15-7-5-4-6-14(15)8-9-19(16)18(20)17-10-13(11-21-2)12-22-17/h3-7,11,16-17H,1,8-10,12H2,2H3/b13-11+/t16-,17+/m0/s1. The molecule has 2 aliphatic heterocycles. The van der Waals surface area contributed by atoms with Crippen LogP contribution in [0, 0.1) is 0 Å². The minimum absolute atomic E-state index is 0.0407. The predicted octanol–water partition coefficient (Wildman–Crippen LogP) is 2.62. The molecule has 1 aromatic rings. The first-order valence-electron chi connectivity index (χ1n) is 7.57. The van der Waals surface area contributed by atoms with E-state index in [0.29, 0.717) is 19.6 Å². The molecule has 116 valence electrons. The van der Waals surface area contributed by atoms with Crippen LogP contribution in [-0.4, -0.2) is 37.2 Å². The summed E-state index contributed by atoms with van der Waals surface area (Å²) in [5, 5.41) is 0. The Labute approximate surface area is 131 Å². The Morgan fingerprint density at radius 2 is 2.27 bits per heavy atom. The van der Waals surface area contributed by atoms with Gasteiger partial charge >= 0.3 is 0 Å². The van der Waals surface area contributed by atoms with Crippen molar-refractivity contribution in [1.82, 2.24) is 4.90 Å². The van der Waals surface area contributed by atoms with Crippen molar-refractivity contribution in [1.29, 1.82) is 0 Å². The minimum Gasteiger partial charge on any atom is -0.504 e. The average molecular weight is 299 g/mol. The van der Waals surface area contributed by atoms with Crippen LogP contribution in [0.4, 0.5) is 0 Å². The fourth-order valence-electron chi connectivity index (χ4n) is 3.26. The highest BCUT2D eigenvalue weighted by Gasteiger charge is 2.36. The summed E-state index contributed by atoms with van der Waals surface area (Å²) < 4.78 is 10.6. The van der Waals surface area contributed by atoms with E-state index in [0.717, 1.165) is 12.0 Å². The van der Waals surface area contributed by atoms with Crippen molar-refractivity contribution in [3.8, 4) is 0 Å². The smallest absolute Gasteiger partial charge is 0.252 e. The fraction of sp³-hybridized carbons (Fsp3) is 0.389. The molecule has 0 aliphatic carbocycles. The van der Waals surface area contributed by atoms with Crippen molar-refractivity contribution in [2.75, 3.05) is 20.3 Å². The maximum Gasteiger partial charge on any atom is 0.252 e. The lowest BCUT2D eigenvalue weighted by molar-refractivity contribution is -0.142. The summed E-state index contributed by atoms with van der Waals surface area (Å²) in [5.74, 6) is 0.0407. The van der Waals surface area contributed by atoms with E-state index < -0.39 is 6.10 Å². The van der Waals surface area contributed by atoms with Gasteiger partial charge in [0.05, 0.1) is 26.0 Å². The lowest BCUT2D eigenvalue weighted by Crippen LogP contribution is -2.44. The van der Waals surface area contributed by atoms with Crippen molar-refractivity contribution < 1.29 is 14.3 Å². The summed E-state index contributed by atoms with van der Waals surface area (Å²) >= 11 is 0. The van der Waals surface area contributed by atoms with E-state index >= 15 is 0 Å². The molecule has 1 aromatic carbocycles. The zero-order valence-electron chi connectivity index (χ0n) is 12.8. The summed E-state index contributed by atoms with van der Waals surface area (Å²) in [4.78, 5) is 14.7. The van der Waals surface area contributed by atoms with Crippen LogP contribution in [0.15, 0.2) is 48.8 Å². The van der Waals surface area contributed by atoms with Gasteiger partial charge in [-0.2, -0.15) is 0 Å². The number of carbonyl (C=O) groups is 1. The lowest BCUT2D eigenvalue weighted by Gasteiger charge is -2.36. The highest BCUT2D eigenvalue weighted by molar-refractivity contribution is 5.82. The molecule has 3 rings (SSSR count). The van der Waals surface area contributed by atoms with Gasteiger partial charge in [-0.05, 0) is 23.1 Å². The highest BCUT2D eigenvalue weighted by Crippen LogP contribution is 2.32. The Hall–Kier alpha value is -2.07. The third-order valence-electron chi connectivity index (χ3n) is 4.32. The van der Waals surface area contributed by atoms with Crippen molar-refractivity contribution >= 4 is 5.91 Å². The average Bonchev–Trinajstić information content (AvgIpc) is 3.02. The van der Waals surface area contributed by atoms with Gasteiger partial charge in [0.2, 0.25) is 0 Å². The second kappa shape index (κ2) is 6.36. The van der Waals surface area contributed by atoms with Gasteiger partial charge in [-0.25, -0.2) is 0 Å². The number of amides is 1. The van der Waals surface area contributed by atoms with E-state index in [-0.39, 0.29) is 11.9 Å². The Balaban J connectivity index is 1.79. The van der Waals surface area contributed by atoms with Gasteiger partial charge in [-0.15, -0.1) is 6.58 Å². The van der Waals surface area contributed by atoms with Crippen molar-refractivity contribution in [2.24, 2.45) is 0 Å². The molecule has 1 fully saturated rings. The normalized spacial score (nSPS) is 25.9. The number of ether oxygens (including phenoxy) is 2. The van der Waals surface area contributed by atoms with Gasteiger partial charge in [-0.3, -0.25) is 4.79 Å². The number of hydrogen-bond acceptors (Lipinski definition) is 3. The maximum atomic E-state index is 12.8. The minimum atomic E-state index is -0.408. The first-order chi connectivity index (χ1) is 10.7. The van der Waals surface area contributed by atoms with Crippen molar-refractivity contribution in [2.45, 2.75) is 25.0 Å². The summed E-state index contributed by atoms with van der Waals surface area (Å²) in [5.41, 5.74) is 3.49. The SMILES string of the molecule is C=C[C@H]1c2ccccc2CCN1C(=O)[C@H]1C/C(=C\OC)CO1. The zero-order valence-corrected chi connectivity index (χ0v) is 12.8. The quantitative estimate of drug-likeness (QED) is 0.636. The Morgan fingerprint density at radius 3 is 3.05 bits per heavy atom. The van der Waals surface area contributed by atoms with Crippen LogP contribution in [0.25, 0.3) is 0 Å². The van der Waals surface area contributed by atoms with Gasteiger partial charge in [0.15, 0.2) is 0 Å². The van der Waals surface area contributed by atoms with Gasteiger partial charge < -0.3 is 14.4 Å². The molecule has 0 saturated carbocycles. The number of hydrogen-bond donors (Lipinski definition) is 0. The zero-order chi connectivity index (χ0) is 15.5. The molecule has 22 heavy (non-hydrogen) atoms. The predicted molar refractivity (Wildman–Crippen MR) is 84.2 cm³/mol. The fourth-order valence-corrected chi connectivity index (χ4v) is 3.26. The molecule has 0 spiro atoms. The number of methoxy groups -OCH3 is 1. The number of fused-ring (bicyclic) bond motifs is 1. The van der Waals surface area contributed by atoms with Crippen LogP contribution < -0.4 is 0 Å². The van der Waals surface area contributed by atoms with E-state index in [4.69, 9.17) is 9.47 Å². The Kier molecular flexibility index (Phi) is 4.29. The topological polar surface area (TPSA) is 38.8 Å². The van der Waals surface area contributed by atoms with Gasteiger partial charge in [-0.1, -0.05) is 30.3 Å². The first kappa shape index (κ1) is 14.9. The molecular formula is C18H21NO3. The summed E-state index contributed by atoms with van der Waals surface area (Å²) in [6, 6.07) is 8.18. The van der Waals surface area contributed by atoms with E-state index in [1.807, 2.05) is 23.1 Å². The molecule has 1 amide bonds. The molecule has 2 heterocycles. The summed E-state index contributed by atoms with van der Waals surface area (Å²) in [6.45, 7) is 5.09. The molecule has 0 aromatic heterocycles. The van der Waals surface area contributed by atoms with Crippen LogP contribution in [-0.2, 0) is 20.7 Å². The Bertz CT molecular complexity index is 608. The largest absolute Gasteiger partial charge is 0.504 e. The second-order valence-corrected chi connectivity index (χ2v) is 5.68. The number of rotatable bonds is 3. The Morgan fingerprint density at radius 1 is 1.45 bits per heavy atom. The van der Waals surface area contributed by atoms with E-state index in [1.165, 1.54) is 11.1 Å². The van der Waals surface area contributed by atoms with Gasteiger partial charge in [0.25, 0.3) is 5.91 Å². The number of carbonyl (C=O) groups excluding carboxylic acids is 1. The molecule has 2 atom stereocenters. The molecule has 4 heteroatoms. The van der Waals surface area contributed by atoms with Crippen LogP contribution >= 0.6 is 0 Å². The second-order valence-electron chi connectivity index (χ2n) is 5.68. The molecule has 0 bridgehead atoms. The molecule has 0 N–H and O–H groups in total. The third kappa shape index (κ3) is 2.66. The molecule has 4 nitrogen and oxygen atoms in total. The summed E-state index contributed by atoms with van der Waals surface area (Å²) in [7, 11) is 1.61. The highest BCUT2D eigenvalue weighted by atomic mass is 16.5. The first-order valence-corrected chi connectivity index (χ1v) is 7.57. The van der Waals surface area contributed by atoms with Crippen LogP contribution in [0.3, 0.4) is 0 Å². The third-order valence-corrected chi connectivity index (χ3v) is 4.32. The molecule has 2 aliphatic rings. The van der Waals surface area contributed by atoms with E-state index in [1.54, 1.807) is 13.4 Å². The van der Waals surface area contributed by atoms with Gasteiger partial charge in [0, 0.05) is 13.0 Å². The summed E-state index contributed by atoms with van der Waals surface area (Å²) in [6.07, 6.45) is 4.59. The molecule has 0 unspecified atom stereocenters. The van der Waals surface area contributed by atoms with Crippen LogP contribution in [0.5, 0.6) is 0 Å². The molecule has 0 radical (unpaired) electrons. The lowest BCUT2D eigenvalue weighted by atomic mass is 9.92. The van der Waals surface area contributed by atoms with Crippen LogP contribution in [0.1, 0.15) is 23.6 Å². The molecule has 1 saturated heterocycles. The molecular weight excluding hydrogens is 278 g/mol. The van der Waals surface area contributed by atoms with E-state index in [2.05, 4.69) is 18.7 Å². The monoisotopic (exact) mass is 299 g/mol. The van der Waals surface area contributed by atoms with Crippen molar-refractivity contribution in [3.63, 3.8) is 0 Å². The van der Waals surface area contributed by atoms with E-state index in [9.17, 15) is 4.79 Å². The van der Waals surface area contributed by atoms with Gasteiger partial charge in [0.1, 0.15) is 6.10 Å². The van der Waals surface area contributed by atoms with Crippen molar-refractivity contribution in [3.05, 3.63) is 59.9 Å². The maximum absolute atomic E-state index is 12.8.